The molecule has 0 fully saturated rings. The van der Waals surface area contributed by atoms with Crippen LogP contribution in [-0.4, -0.2) is 20.8 Å². The molecule has 6 nitrogen and oxygen atoms in total. The largest absolute Gasteiger partial charge is 0.355 e. The molecule has 0 unspecified atom stereocenters. The van der Waals surface area contributed by atoms with E-state index in [2.05, 4.69) is 15.6 Å². The summed E-state index contributed by atoms with van der Waals surface area (Å²) in [7, 11) is 1.83. The zero-order chi connectivity index (χ0) is 18.8. The first-order valence-corrected chi connectivity index (χ1v) is 8.39. The van der Waals surface area contributed by atoms with Gasteiger partial charge in [-0.15, -0.1) is 0 Å². The highest BCUT2D eigenvalue weighted by Gasteiger charge is 2.22. The molecule has 26 heavy (non-hydrogen) atoms. The van der Waals surface area contributed by atoms with Gasteiger partial charge in [0.2, 0.25) is 0 Å². The number of aryl methyl sites for hydroxylation is 1. The van der Waals surface area contributed by atoms with Crippen molar-refractivity contribution < 1.29 is 13.7 Å². The highest BCUT2D eigenvalue weighted by Crippen LogP contribution is 2.25. The standard InChI is InChI=1S/C19H21FN4O2/c1-11(2)18(13-5-7-14(20)8-6-13)22-19(25)16-9-17(26-23-16)15-10-21-24(4)12(15)3/h5-11,18H,1-4H3,(H,22,25)/t18-/m0/s1. The van der Waals surface area contributed by atoms with E-state index in [1.807, 2.05) is 27.8 Å². The number of aromatic nitrogens is 3. The Labute approximate surface area is 151 Å². The lowest BCUT2D eigenvalue weighted by Crippen LogP contribution is -2.31. The van der Waals surface area contributed by atoms with Crippen molar-refractivity contribution in [3.05, 3.63) is 59.3 Å². The third-order valence-electron chi connectivity index (χ3n) is 4.43. The van der Waals surface area contributed by atoms with Crippen molar-refractivity contribution in [1.82, 2.24) is 20.3 Å². The van der Waals surface area contributed by atoms with E-state index in [1.54, 1.807) is 29.1 Å². The number of carbonyl (C=O) groups is 1. The van der Waals surface area contributed by atoms with E-state index >= 15 is 0 Å². The fraction of sp³-hybridized carbons (Fsp3) is 0.316. The summed E-state index contributed by atoms with van der Waals surface area (Å²) in [4.78, 5) is 12.6. The van der Waals surface area contributed by atoms with Crippen LogP contribution in [-0.2, 0) is 7.05 Å². The van der Waals surface area contributed by atoms with E-state index < -0.39 is 0 Å². The predicted octanol–water partition coefficient (Wildman–Crippen LogP) is 3.65. The maximum Gasteiger partial charge on any atom is 0.273 e. The monoisotopic (exact) mass is 356 g/mol. The van der Waals surface area contributed by atoms with Crippen LogP contribution in [0, 0.1) is 18.7 Å². The summed E-state index contributed by atoms with van der Waals surface area (Å²) in [5.74, 6) is -0.0416. The second-order valence-corrected chi connectivity index (χ2v) is 6.59. The number of rotatable bonds is 5. The van der Waals surface area contributed by atoms with Gasteiger partial charge >= 0.3 is 0 Å². The van der Waals surface area contributed by atoms with E-state index in [-0.39, 0.29) is 29.4 Å². The Bertz CT molecular complexity index is 912. The summed E-state index contributed by atoms with van der Waals surface area (Å²) in [5.41, 5.74) is 2.73. The second-order valence-electron chi connectivity index (χ2n) is 6.59. The first-order valence-electron chi connectivity index (χ1n) is 8.39. The van der Waals surface area contributed by atoms with Gasteiger partial charge in [0.1, 0.15) is 5.82 Å². The highest BCUT2D eigenvalue weighted by molar-refractivity contribution is 5.93. The number of hydrogen-bond donors (Lipinski definition) is 1. The minimum absolute atomic E-state index is 0.122. The molecule has 0 saturated carbocycles. The molecule has 0 bridgehead atoms. The molecule has 2 heterocycles. The fourth-order valence-corrected chi connectivity index (χ4v) is 2.77. The smallest absolute Gasteiger partial charge is 0.273 e. The van der Waals surface area contributed by atoms with E-state index in [4.69, 9.17) is 4.52 Å². The summed E-state index contributed by atoms with van der Waals surface area (Å²) < 4.78 is 20.2. The average molecular weight is 356 g/mol. The lowest BCUT2D eigenvalue weighted by atomic mass is 9.96. The van der Waals surface area contributed by atoms with Crippen molar-refractivity contribution in [3.63, 3.8) is 0 Å². The Kier molecular flexibility index (Phi) is 4.88. The van der Waals surface area contributed by atoms with Crippen LogP contribution in [0.3, 0.4) is 0 Å². The Morgan fingerprint density at radius 3 is 2.54 bits per heavy atom. The molecule has 1 N–H and O–H groups in total. The second kappa shape index (κ2) is 7.11. The van der Waals surface area contributed by atoms with E-state index in [0.717, 1.165) is 16.8 Å². The molecule has 7 heteroatoms. The molecule has 2 aromatic heterocycles. The van der Waals surface area contributed by atoms with Crippen molar-refractivity contribution in [3.8, 4) is 11.3 Å². The molecule has 0 spiro atoms. The van der Waals surface area contributed by atoms with Gasteiger partial charge in [-0.2, -0.15) is 5.10 Å². The van der Waals surface area contributed by atoms with Crippen LogP contribution >= 0.6 is 0 Å². The van der Waals surface area contributed by atoms with Gasteiger partial charge in [-0.3, -0.25) is 9.48 Å². The minimum atomic E-state index is -0.343. The summed E-state index contributed by atoms with van der Waals surface area (Å²) in [5, 5.41) is 11.0. The summed E-state index contributed by atoms with van der Waals surface area (Å²) in [6.45, 7) is 5.89. The number of halogens is 1. The van der Waals surface area contributed by atoms with Crippen molar-refractivity contribution in [2.24, 2.45) is 13.0 Å². The molecule has 0 aliphatic heterocycles. The van der Waals surface area contributed by atoms with Gasteiger partial charge in [-0.25, -0.2) is 4.39 Å². The van der Waals surface area contributed by atoms with Crippen LogP contribution in [0.1, 0.15) is 41.6 Å². The zero-order valence-electron chi connectivity index (χ0n) is 15.2. The van der Waals surface area contributed by atoms with Gasteiger partial charge in [0.15, 0.2) is 11.5 Å². The van der Waals surface area contributed by atoms with Crippen LogP contribution in [0.15, 0.2) is 41.1 Å². The maximum atomic E-state index is 13.2. The molecule has 3 aromatic rings. The van der Waals surface area contributed by atoms with Crippen molar-refractivity contribution >= 4 is 5.91 Å². The lowest BCUT2D eigenvalue weighted by molar-refractivity contribution is 0.0916. The lowest BCUT2D eigenvalue weighted by Gasteiger charge is -2.22. The molecule has 136 valence electrons. The molecule has 0 saturated heterocycles. The molecule has 1 atom stereocenters. The van der Waals surface area contributed by atoms with Crippen LogP contribution < -0.4 is 5.32 Å². The molecular weight excluding hydrogens is 335 g/mol. The van der Waals surface area contributed by atoms with Crippen LogP contribution in [0.2, 0.25) is 0 Å². The normalized spacial score (nSPS) is 12.4. The number of carbonyl (C=O) groups excluding carboxylic acids is 1. The SMILES string of the molecule is Cc1c(-c2cc(C(=O)N[C@H](c3ccc(F)cc3)C(C)C)no2)cnn1C. The fourth-order valence-electron chi connectivity index (χ4n) is 2.77. The first-order chi connectivity index (χ1) is 12.4. The number of nitrogens with zero attached hydrogens (tertiary/aromatic N) is 3. The Morgan fingerprint density at radius 1 is 1.27 bits per heavy atom. The van der Waals surface area contributed by atoms with E-state index in [0.29, 0.717) is 5.76 Å². The Morgan fingerprint density at radius 2 is 1.96 bits per heavy atom. The van der Waals surface area contributed by atoms with Gasteiger partial charge < -0.3 is 9.84 Å². The average Bonchev–Trinajstić information content (AvgIpc) is 3.21. The molecule has 0 aliphatic rings. The first kappa shape index (κ1) is 17.8. The molecular formula is C19H21FN4O2. The highest BCUT2D eigenvalue weighted by atomic mass is 19.1. The molecule has 1 aromatic carbocycles. The molecule has 1 amide bonds. The number of amides is 1. The van der Waals surface area contributed by atoms with Crippen LogP contribution in [0.4, 0.5) is 4.39 Å². The van der Waals surface area contributed by atoms with Crippen molar-refractivity contribution in [1.29, 1.82) is 0 Å². The van der Waals surface area contributed by atoms with E-state index in [9.17, 15) is 9.18 Å². The summed E-state index contributed by atoms with van der Waals surface area (Å²) in [6, 6.07) is 7.46. The third kappa shape index (κ3) is 3.51. The number of hydrogen-bond acceptors (Lipinski definition) is 4. The molecule has 0 aliphatic carbocycles. The zero-order valence-corrected chi connectivity index (χ0v) is 15.2. The summed E-state index contributed by atoms with van der Waals surface area (Å²) in [6.07, 6.45) is 1.67. The Hall–Kier alpha value is -2.96. The summed E-state index contributed by atoms with van der Waals surface area (Å²) >= 11 is 0. The predicted molar refractivity (Wildman–Crippen MR) is 94.9 cm³/mol. The quantitative estimate of drug-likeness (QED) is 0.757. The van der Waals surface area contributed by atoms with Gasteiger partial charge in [0, 0.05) is 18.8 Å². The molecule has 3 rings (SSSR count). The van der Waals surface area contributed by atoms with Crippen LogP contribution in [0.5, 0.6) is 0 Å². The number of benzene rings is 1. The topological polar surface area (TPSA) is 73.0 Å². The molecule has 0 radical (unpaired) electrons. The third-order valence-corrected chi connectivity index (χ3v) is 4.43. The van der Waals surface area contributed by atoms with Gasteiger partial charge in [-0.05, 0) is 30.5 Å². The van der Waals surface area contributed by atoms with Gasteiger partial charge in [0.05, 0.1) is 17.8 Å². The van der Waals surface area contributed by atoms with E-state index in [1.165, 1.54) is 12.1 Å². The van der Waals surface area contributed by atoms with Crippen molar-refractivity contribution in [2.45, 2.75) is 26.8 Å². The van der Waals surface area contributed by atoms with Crippen molar-refractivity contribution in [2.75, 3.05) is 0 Å². The Balaban J connectivity index is 1.80. The number of nitrogens with one attached hydrogen (secondary N) is 1. The van der Waals surface area contributed by atoms with Crippen LogP contribution in [0.25, 0.3) is 11.3 Å². The minimum Gasteiger partial charge on any atom is -0.355 e. The maximum absolute atomic E-state index is 13.2. The van der Waals surface area contributed by atoms with Gasteiger partial charge in [0.25, 0.3) is 5.91 Å². The van der Waals surface area contributed by atoms with Gasteiger partial charge in [-0.1, -0.05) is 31.1 Å².